The molecule has 0 radical (unpaired) electrons. The van der Waals surface area contributed by atoms with E-state index in [1.807, 2.05) is 0 Å². The van der Waals surface area contributed by atoms with Crippen LogP contribution in [0.15, 0.2) is 30.8 Å². The summed E-state index contributed by atoms with van der Waals surface area (Å²) in [5, 5.41) is 5.20. The van der Waals surface area contributed by atoms with Crippen molar-refractivity contribution in [3.05, 3.63) is 58.8 Å². The molecule has 1 unspecified atom stereocenters. The Kier molecular flexibility index (Phi) is 7.66. The number of aryl methyl sites for hydroxylation is 2. The van der Waals surface area contributed by atoms with E-state index in [4.69, 9.17) is 14.8 Å². The van der Waals surface area contributed by atoms with E-state index in [2.05, 4.69) is 91.8 Å². The molecule has 2 aliphatic heterocycles. The van der Waals surface area contributed by atoms with Gasteiger partial charge in [-0.25, -0.2) is 4.98 Å². The number of rotatable bonds is 2. The Labute approximate surface area is 228 Å². The maximum atomic E-state index is 6.11. The molecule has 7 heteroatoms. The van der Waals surface area contributed by atoms with E-state index >= 15 is 0 Å². The van der Waals surface area contributed by atoms with Gasteiger partial charge in [-0.2, -0.15) is 9.61 Å². The first-order chi connectivity index (χ1) is 18.3. The molecule has 1 aromatic carbocycles. The van der Waals surface area contributed by atoms with Gasteiger partial charge in [-0.05, 0) is 57.1 Å². The van der Waals surface area contributed by atoms with Crippen LogP contribution in [-0.4, -0.2) is 66.4 Å². The van der Waals surface area contributed by atoms with E-state index in [0.717, 1.165) is 74.2 Å². The molecular weight excluding hydrogens is 472 g/mol. The molecule has 0 amide bonds. The Morgan fingerprint density at radius 3 is 2.66 bits per heavy atom. The Morgan fingerprint density at radius 2 is 1.92 bits per heavy atom. The monoisotopic (exact) mass is 516 g/mol. The average Bonchev–Trinajstić information content (AvgIpc) is 3.51. The topological polar surface area (TPSA) is 49.1 Å². The number of hydrogen-bond donors (Lipinski definition) is 0. The minimum Gasteiger partial charge on any atom is -0.380 e. The molecule has 3 aromatic rings. The molecule has 2 bridgehead atoms. The summed E-state index contributed by atoms with van der Waals surface area (Å²) in [6.45, 7) is 17.8. The van der Waals surface area contributed by atoms with Gasteiger partial charge in [0.1, 0.15) is 11.6 Å². The number of anilines is 2. The van der Waals surface area contributed by atoms with Gasteiger partial charge in [0, 0.05) is 63.2 Å². The average molecular weight is 517 g/mol. The van der Waals surface area contributed by atoms with Crippen LogP contribution in [0.1, 0.15) is 67.1 Å². The summed E-state index contributed by atoms with van der Waals surface area (Å²) in [5.74, 6) is 2.88. The Bertz CT molecular complexity index is 1310. The van der Waals surface area contributed by atoms with Gasteiger partial charge >= 0.3 is 0 Å². The highest BCUT2D eigenvalue weighted by atomic mass is 16.5. The van der Waals surface area contributed by atoms with E-state index in [1.165, 1.54) is 28.7 Å². The molecule has 204 valence electrons. The van der Waals surface area contributed by atoms with Gasteiger partial charge in [-0.15, -0.1) is 0 Å². The standard InChI is InChI=1S/C31H44N6O/c1-8-28-27-19-29-32-30(36-14-13-22(3)20-36)23(4)31(37(29)33-27)34(6)15-17-38-16-9-10-25-12-11-21(2)18-26(25)24(5)35(28)7/h11-12,18-19,22,28H,5,8-10,13-17,20H2,1-4,6-7H3/t22-,28?/m0/s1. The molecule has 4 heterocycles. The van der Waals surface area contributed by atoms with Crippen molar-refractivity contribution in [2.24, 2.45) is 5.92 Å². The fraction of sp³-hybridized carbons (Fsp3) is 0.548. The van der Waals surface area contributed by atoms with Crippen molar-refractivity contribution in [1.82, 2.24) is 19.5 Å². The highest BCUT2D eigenvalue weighted by Crippen LogP contribution is 2.35. The Morgan fingerprint density at radius 1 is 1.11 bits per heavy atom. The van der Waals surface area contributed by atoms with E-state index in [9.17, 15) is 0 Å². The van der Waals surface area contributed by atoms with E-state index < -0.39 is 0 Å². The van der Waals surface area contributed by atoms with Crippen LogP contribution in [0.2, 0.25) is 0 Å². The van der Waals surface area contributed by atoms with Crippen molar-refractivity contribution in [2.75, 3.05) is 56.7 Å². The lowest BCUT2D eigenvalue weighted by Crippen LogP contribution is -2.29. The number of hydrogen-bond acceptors (Lipinski definition) is 6. The van der Waals surface area contributed by atoms with Crippen LogP contribution in [0.25, 0.3) is 11.3 Å². The van der Waals surface area contributed by atoms with Gasteiger partial charge in [0.15, 0.2) is 5.65 Å². The fourth-order valence-electron chi connectivity index (χ4n) is 6.13. The number of benzene rings is 1. The summed E-state index contributed by atoms with van der Waals surface area (Å²) in [7, 11) is 4.30. The quantitative estimate of drug-likeness (QED) is 0.439. The predicted octanol–water partition coefficient (Wildman–Crippen LogP) is 5.65. The summed E-state index contributed by atoms with van der Waals surface area (Å²) in [6.07, 6.45) is 4.10. The lowest BCUT2D eigenvalue weighted by Gasteiger charge is -2.31. The van der Waals surface area contributed by atoms with Crippen LogP contribution >= 0.6 is 0 Å². The number of aromatic nitrogens is 3. The maximum absolute atomic E-state index is 6.11. The van der Waals surface area contributed by atoms with Crippen LogP contribution in [0.3, 0.4) is 0 Å². The van der Waals surface area contributed by atoms with Crippen molar-refractivity contribution < 1.29 is 4.74 Å². The highest BCUT2D eigenvalue weighted by molar-refractivity contribution is 5.68. The first-order valence-electron chi connectivity index (χ1n) is 14.2. The molecule has 7 nitrogen and oxygen atoms in total. The smallest absolute Gasteiger partial charge is 0.160 e. The molecule has 1 saturated heterocycles. The van der Waals surface area contributed by atoms with Crippen LogP contribution in [0.5, 0.6) is 0 Å². The summed E-state index contributed by atoms with van der Waals surface area (Å²) in [4.78, 5) is 12.2. The second kappa shape index (κ2) is 11.0. The molecule has 2 aliphatic rings. The Hall–Kier alpha value is -3.06. The maximum Gasteiger partial charge on any atom is 0.160 e. The molecule has 0 saturated carbocycles. The zero-order valence-electron chi connectivity index (χ0n) is 24.1. The van der Waals surface area contributed by atoms with Crippen molar-refractivity contribution in [3.8, 4) is 0 Å². The summed E-state index contributed by atoms with van der Waals surface area (Å²) in [5.41, 5.74) is 7.95. The van der Waals surface area contributed by atoms with Crippen molar-refractivity contribution in [1.29, 1.82) is 0 Å². The zero-order chi connectivity index (χ0) is 27.0. The van der Waals surface area contributed by atoms with Crippen molar-refractivity contribution in [3.63, 3.8) is 0 Å². The van der Waals surface area contributed by atoms with Crippen molar-refractivity contribution >= 4 is 23.0 Å². The molecular formula is C31H44N6O. The molecule has 2 aromatic heterocycles. The second-order valence-corrected chi connectivity index (χ2v) is 11.3. The molecule has 1 fully saturated rings. The van der Waals surface area contributed by atoms with E-state index in [0.29, 0.717) is 12.5 Å². The van der Waals surface area contributed by atoms with Gasteiger partial charge < -0.3 is 19.4 Å². The zero-order valence-corrected chi connectivity index (χ0v) is 24.1. The van der Waals surface area contributed by atoms with E-state index in [1.54, 1.807) is 0 Å². The largest absolute Gasteiger partial charge is 0.380 e. The minimum atomic E-state index is 0.0996. The lowest BCUT2D eigenvalue weighted by atomic mass is 9.97. The van der Waals surface area contributed by atoms with Crippen molar-refractivity contribution in [2.45, 2.75) is 59.4 Å². The van der Waals surface area contributed by atoms with Crippen LogP contribution in [0.4, 0.5) is 11.6 Å². The number of fused-ring (bicyclic) bond motifs is 2. The molecule has 0 N–H and O–H groups in total. The van der Waals surface area contributed by atoms with Gasteiger partial charge in [0.25, 0.3) is 0 Å². The second-order valence-electron chi connectivity index (χ2n) is 11.3. The third-order valence-electron chi connectivity index (χ3n) is 8.39. The van der Waals surface area contributed by atoms with Crippen LogP contribution < -0.4 is 9.80 Å². The summed E-state index contributed by atoms with van der Waals surface area (Å²) >= 11 is 0. The number of nitrogens with zero attached hydrogens (tertiary/aromatic N) is 6. The fourth-order valence-corrected chi connectivity index (χ4v) is 6.13. The van der Waals surface area contributed by atoms with Crippen LogP contribution in [-0.2, 0) is 11.2 Å². The third-order valence-corrected chi connectivity index (χ3v) is 8.39. The van der Waals surface area contributed by atoms with E-state index in [-0.39, 0.29) is 6.04 Å². The Balaban J connectivity index is 1.63. The number of likely N-dealkylation sites (N-methyl/N-ethyl adjacent to an activating group) is 1. The SMILES string of the molecule is C=C1c2cc(C)ccc2CCCOCCN(C)c2c(C)c(N3CC[C@H](C)C3)nc3cc(nn23)C(CC)N1C. The lowest BCUT2D eigenvalue weighted by molar-refractivity contribution is 0.138. The molecule has 5 rings (SSSR count). The van der Waals surface area contributed by atoms with Gasteiger partial charge in [0.05, 0.1) is 18.3 Å². The molecule has 0 aliphatic carbocycles. The van der Waals surface area contributed by atoms with Crippen LogP contribution in [0, 0.1) is 19.8 Å². The minimum absolute atomic E-state index is 0.0996. The molecule has 38 heavy (non-hydrogen) atoms. The molecule has 0 spiro atoms. The predicted molar refractivity (Wildman–Crippen MR) is 157 cm³/mol. The highest BCUT2D eigenvalue weighted by Gasteiger charge is 2.28. The van der Waals surface area contributed by atoms with Gasteiger partial charge in [-0.1, -0.05) is 38.1 Å². The third kappa shape index (κ3) is 5.00. The summed E-state index contributed by atoms with van der Waals surface area (Å²) < 4.78 is 8.16. The summed E-state index contributed by atoms with van der Waals surface area (Å²) in [6, 6.07) is 9.02. The normalized spacial score (nSPS) is 21.5. The van der Waals surface area contributed by atoms with Gasteiger partial charge in [0.2, 0.25) is 0 Å². The number of ether oxygens (including phenoxy) is 1. The van der Waals surface area contributed by atoms with Gasteiger partial charge in [-0.3, -0.25) is 0 Å². The first kappa shape index (κ1) is 26.5. The first-order valence-corrected chi connectivity index (χ1v) is 14.2. The molecule has 2 atom stereocenters.